The highest BCUT2D eigenvalue weighted by atomic mass is 16.1. The maximum absolute atomic E-state index is 10.9. The third kappa shape index (κ3) is 15.7. The van der Waals surface area contributed by atoms with E-state index in [4.69, 9.17) is 0 Å². The summed E-state index contributed by atoms with van der Waals surface area (Å²) in [5.74, 6) is 1.15. The van der Waals surface area contributed by atoms with Crippen molar-refractivity contribution in [2.45, 2.75) is 111 Å². The van der Waals surface area contributed by atoms with Gasteiger partial charge in [0.2, 0.25) is 0 Å². The van der Waals surface area contributed by atoms with Gasteiger partial charge in [-0.05, 0) is 19.3 Å². The molecule has 0 heterocycles. The normalized spacial score (nSPS) is 12.6. The van der Waals surface area contributed by atoms with Crippen molar-refractivity contribution in [1.29, 1.82) is 0 Å². The average molecular weight is 283 g/mol. The van der Waals surface area contributed by atoms with Gasteiger partial charge < -0.3 is 4.79 Å². The van der Waals surface area contributed by atoms with Gasteiger partial charge in [0.05, 0.1) is 0 Å². The van der Waals surface area contributed by atoms with Crippen LogP contribution in [0.15, 0.2) is 0 Å². The Kier molecular flexibility index (Phi) is 14.8. The Morgan fingerprint density at radius 3 is 1.70 bits per heavy atom. The van der Waals surface area contributed by atoms with E-state index in [1.165, 1.54) is 77.0 Å². The molecule has 0 amide bonds. The lowest BCUT2D eigenvalue weighted by molar-refractivity contribution is -0.117. The molecule has 0 aromatic heterocycles. The number of hydrogen-bond acceptors (Lipinski definition) is 1. The molecular formula is C19H38O. The fourth-order valence-corrected chi connectivity index (χ4v) is 2.82. The van der Waals surface area contributed by atoms with Gasteiger partial charge in [-0.15, -0.1) is 0 Å². The van der Waals surface area contributed by atoms with E-state index in [0.29, 0.717) is 5.78 Å². The van der Waals surface area contributed by atoms with Gasteiger partial charge in [0.1, 0.15) is 5.78 Å². The van der Waals surface area contributed by atoms with E-state index in [9.17, 15) is 4.79 Å². The monoisotopic (exact) mass is 282 g/mol. The van der Waals surface area contributed by atoms with Gasteiger partial charge in [-0.3, -0.25) is 0 Å². The minimum atomic E-state index is 0.344. The van der Waals surface area contributed by atoms with Crippen molar-refractivity contribution in [3.05, 3.63) is 0 Å². The van der Waals surface area contributed by atoms with Gasteiger partial charge in [0, 0.05) is 6.42 Å². The topological polar surface area (TPSA) is 17.1 Å². The van der Waals surface area contributed by atoms with Gasteiger partial charge in [0.25, 0.3) is 0 Å². The molecule has 0 rings (SSSR count). The first-order chi connectivity index (χ1) is 9.66. The molecule has 1 nitrogen and oxygen atoms in total. The van der Waals surface area contributed by atoms with Crippen LogP contribution < -0.4 is 0 Å². The van der Waals surface area contributed by atoms with Gasteiger partial charge in [-0.1, -0.05) is 90.9 Å². The standard InChI is InChI=1S/C19H38O/c1-4-5-6-7-8-9-10-11-12-13-15-18(2)16-14-17-19(3)20/h18H,4-17H2,1-3H3. The summed E-state index contributed by atoms with van der Waals surface area (Å²) in [6, 6.07) is 0. The van der Waals surface area contributed by atoms with Crippen LogP contribution in [0.2, 0.25) is 0 Å². The van der Waals surface area contributed by atoms with Crippen LogP contribution in [0.1, 0.15) is 111 Å². The van der Waals surface area contributed by atoms with E-state index < -0.39 is 0 Å². The first-order valence-corrected chi connectivity index (χ1v) is 9.16. The quantitative estimate of drug-likeness (QED) is 0.306. The smallest absolute Gasteiger partial charge is 0.129 e. The molecule has 1 atom stereocenters. The molecule has 0 saturated carbocycles. The molecule has 0 N–H and O–H groups in total. The first-order valence-electron chi connectivity index (χ1n) is 9.16. The fraction of sp³-hybridized carbons (Fsp3) is 0.947. The highest BCUT2D eigenvalue weighted by molar-refractivity contribution is 5.75. The molecule has 0 fully saturated rings. The zero-order chi connectivity index (χ0) is 15.1. The van der Waals surface area contributed by atoms with Crippen molar-refractivity contribution < 1.29 is 4.79 Å². The summed E-state index contributed by atoms with van der Waals surface area (Å²) >= 11 is 0. The molecule has 0 saturated heterocycles. The molecule has 0 spiro atoms. The predicted molar refractivity (Wildman–Crippen MR) is 90.2 cm³/mol. The first kappa shape index (κ1) is 19.7. The Bertz CT molecular complexity index is 210. The number of rotatable bonds is 15. The number of ketones is 1. The van der Waals surface area contributed by atoms with E-state index in [-0.39, 0.29) is 0 Å². The molecule has 0 aliphatic rings. The highest BCUT2D eigenvalue weighted by Crippen LogP contribution is 2.17. The Balaban J connectivity index is 3.13. The van der Waals surface area contributed by atoms with Crippen molar-refractivity contribution >= 4 is 5.78 Å². The maximum atomic E-state index is 10.9. The molecule has 0 aromatic carbocycles. The van der Waals surface area contributed by atoms with Crippen LogP contribution in [0.5, 0.6) is 0 Å². The van der Waals surface area contributed by atoms with E-state index >= 15 is 0 Å². The van der Waals surface area contributed by atoms with Crippen LogP contribution in [0.25, 0.3) is 0 Å². The van der Waals surface area contributed by atoms with Gasteiger partial charge in [-0.25, -0.2) is 0 Å². The van der Waals surface area contributed by atoms with Crippen LogP contribution in [0.3, 0.4) is 0 Å². The van der Waals surface area contributed by atoms with Crippen LogP contribution in [0, 0.1) is 5.92 Å². The summed E-state index contributed by atoms with van der Waals surface area (Å²) in [4.78, 5) is 10.9. The number of hydrogen-bond donors (Lipinski definition) is 0. The third-order valence-corrected chi connectivity index (χ3v) is 4.28. The van der Waals surface area contributed by atoms with Crippen LogP contribution in [-0.4, -0.2) is 5.78 Å². The number of carbonyl (C=O) groups is 1. The second kappa shape index (κ2) is 15.1. The summed E-state index contributed by atoms with van der Waals surface area (Å²) in [5.41, 5.74) is 0. The summed E-state index contributed by atoms with van der Waals surface area (Å²) in [7, 11) is 0. The summed E-state index contributed by atoms with van der Waals surface area (Å²) in [6.07, 6.45) is 18.7. The highest BCUT2D eigenvalue weighted by Gasteiger charge is 2.03. The zero-order valence-corrected chi connectivity index (χ0v) is 14.4. The molecule has 0 bridgehead atoms. The third-order valence-electron chi connectivity index (χ3n) is 4.28. The van der Waals surface area contributed by atoms with Crippen LogP contribution in [-0.2, 0) is 4.79 Å². The molecule has 20 heavy (non-hydrogen) atoms. The molecule has 1 heteroatoms. The largest absolute Gasteiger partial charge is 0.300 e. The second-order valence-corrected chi connectivity index (χ2v) is 6.67. The Morgan fingerprint density at radius 2 is 1.20 bits per heavy atom. The second-order valence-electron chi connectivity index (χ2n) is 6.67. The Morgan fingerprint density at radius 1 is 0.750 bits per heavy atom. The number of Topliss-reactive ketones (excluding diaryl/α,β-unsaturated/α-hetero) is 1. The minimum absolute atomic E-state index is 0.344. The van der Waals surface area contributed by atoms with Crippen molar-refractivity contribution in [3.63, 3.8) is 0 Å². The van der Waals surface area contributed by atoms with Gasteiger partial charge in [0.15, 0.2) is 0 Å². The maximum Gasteiger partial charge on any atom is 0.129 e. The lowest BCUT2D eigenvalue weighted by Gasteiger charge is -2.10. The predicted octanol–water partition coefficient (Wildman–Crippen LogP) is 6.69. The molecule has 1 unspecified atom stereocenters. The van der Waals surface area contributed by atoms with Crippen LogP contribution >= 0.6 is 0 Å². The molecule has 0 aliphatic heterocycles. The lowest BCUT2D eigenvalue weighted by atomic mass is 9.96. The molecular weight excluding hydrogens is 244 g/mol. The summed E-state index contributed by atoms with van der Waals surface area (Å²) in [6.45, 7) is 6.32. The number of carbonyl (C=O) groups excluding carboxylic acids is 1. The van der Waals surface area contributed by atoms with E-state index in [2.05, 4.69) is 13.8 Å². The van der Waals surface area contributed by atoms with Crippen LogP contribution in [0.4, 0.5) is 0 Å². The SMILES string of the molecule is CCCCCCCCCCCCC(C)CCCC(C)=O. The molecule has 120 valence electrons. The number of unbranched alkanes of at least 4 members (excludes halogenated alkanes) is 9. The molecule has 0 radical (unpaired) electrons. The molecule has 0 aromatic rings. The molecule has 0 aliphatic carbocycles. The van der Waals surface area contributed by atoms with E-state index in [1.807, 2.05) is 0 Å². The van der Waals surface area contributed by atoms with Crippen molar-refractivity contribution in [2.75, 3.05) is 0 Å². The minimum Gasteiger partial charge on any atom is -0.300 e. The Hall–Kier alpha value is -0.330. The van der Waals surface area contributed by atoms with Gasteiger partial charge >= 0.3 is 0 Å². The van der Waals surface area contributed by atoms with E-state index in [0.717, 1.165) is 18.8 Å². The van der Waals surface area contributed by atoms with Crippen molar-refractivity contribution in [3.8, 4) is 0 Å². The summed E-state index contributed by atoms with van der Waals surface area (Å²) < 4.78 is 0. The van der Waals surface area contributed by atoms with Crippen molar-refractivity contribution in [1.82, 2.24) is 0 Å². The fourth-order valence-electron chi connectivity index (χ4n) is 2.82. The lowest BCUT2D eigenvalue weighted by Crippen LogP contribution is -1.97. The zero-order valence-electron chi connectivity index (χ0n) is 14.4. The summed E-state index contributed by atoms with van der Waals surface area (Å²) in [5, 5.41) is 0. The van der Waals surface area contributed by atoms with E-state index in [1.54, 1.807) is 6.92 Å². The Labute approximate surface area is 127 Å². The van der Waals surface area contributed by atoms with Crippen molar-refractivity contribution in [2.24, 2.45) is 5.92 Å². The average Bonchev–Trinajstić information content (AvgIpc) is 2.40. The van der Waals surface area contributed by atoms with Gasteiger partial charge in [-0.2, -0.15) is 0 Å².